The molecule has 0 unspecified atom stereocenters. The van der Waals surface area contributed by atoms with E-state index in [1.807, 2.05) is 20.2 Å². The summed E-state index contributed by atoms with van der Waals surface area (Å²) in [4.78, 5) is 11.9. The first-order chi connectivity index (χ1) is 9.17. The van der Waals surface area contributed by atoms with E-state index in [-0.39, 0.29) is 5.69 Å². The van der Waals surface area contributed by atoms with Gasteiger partial charge in [-0.25, -0.2) is 9.48 Å². The van der Waals surface area contributed by atoms with Crippen molar-refractivity contribution in [3.8, 4) is 11.3 Å². The van der Waals surface area contributed by atoms with E-state index < -0.39 is 5.97 Å². The lowest BCUT2D eigenvalue weighted by molar-refractivity contribution is 0.0520. The molecule has 0 radical (unpaired) electrons. The van der Waals surface area contributed by atoms with Crippen LogP contribution < -0.4 is 0 Å². The zero-order chi connectivity index (χ0) is 13.8. The fourth-order valence-electron chi connectivity index (χ4n) is 1.85. The Morgan fingerprint density at radius 3 is 2.79 bits per heavy atom. The van der Waals surface area contributed by atoms with Crippen LogP contribution in [0.4, 0.5) is 0 Å². The van der Waals surface area contributed by atoms with Crippen molar-refractivity contribution in [1.82, 2.24) is 24.8 Å². The topological polar surface area (TPSA) is 74.8 Å². The van der Waals surface area contributed by atoms with E-state index in [4.69, 9.17) is 4.74 Å². The van der Waals surface area contributed by atoms with Crippen molar-refractivity contribution in [2.75, 3.05) is 6.61 Å². The summed E-state index contributed by atoms with van der Waals surface area (Å²) in [5, 5.41) is 12.1. The van der Waals surface area contributed by atoms with Crippen molar-refractivity contribution in [2.45, 2.75) is 26.8 Å². The first-order valence-corrected chi connectivity index (χ1v) is 6.27. The number of rotatable bonds is 5. The minimum Gasteiger partial charge on any atom is -0.461 e. The van der Waals surface area contributed by atoms with Gasteiger partial charge in [-0.2, -0.15) is 5.10 Å². The first-order valence-electron chi connectivity index (χ1n) is 6.27. The molecule has 2 aromatic rings. The van der Waals surface area contributed by atoms with Crippen LogP contribution in [-0.2, 0) is 18.3 Å². The van der Waals surface area contributed by atoms with Gasteiger partial charge in [0.05, 0.1) is 12.8 Å². The molecule has 0 aromatic carbocycles. The van der Waals surface area contributed by atoms with E-state index in [9.17, 15) is 4.79 Å². The molecule has 0 aliphatic carbocycles. The van der Waals surface area contributed by atoms with Crippen molar-refractivity contribution in [3.63, 3.8) is 0 Å². The zero-order valence-corrected chi connectivity index (χ0v) is 11.3. The second-order valence-electron chi connectivity index (χ2n) is 4.13. The third kappa shape index (κ3) is 2.64. The van der Waals surface area contributed by atoms with E-state index in [1.54, 1.807) is 22.5 Å². The maximum absolute atomic E-state index is 11.9. The van der Waals surface area contributed by atoms with Gasteiger partial charge in [0, 0.05) is 25.4 Å². The average Bonchev–Trinajstić information content (AvgIpc) is 2.96. The van der Waals surface area contributed by atoms with Gasteiger partial charge in [0.25, 0.3) is 0 Å². The van der Waals surface area contributed by atoms with Crippen LogP contribution in [0.5, 0.6) is 0 Å². The van der Waals surface area contributed by atoms with E-state index in [0.717, 1.165) is 12.0 Å². The van der Waals surface area contributed by atoms with Crippen molar-refractivity contribution in [2.24, 2.45) is 7.05 Å². The fourth-order valence-corrected chi connectivity index (χ4v) is 1.85. The molecule has 2 heterocycles. The molecule has 0 bridgehead atoms. The SMILES string of the molecule is CCCn1nnc(C(=O)OCC)c1-c1cnn(C)c1. The smallest absolute Gasteiger partial charge is 0.361 e. The van der Waals surface area contributed by atoms with Crippen LogP contribution >= 0.6 is 0 Å². The van der Waals surface area contributed by atoms with Crippen LogP contribution in [0, 0.1) is 0 Å². The van der Waals surface area contributed by atoms with E-state index in [2.05, 4.69) is 15.4 Å². The molecule has 0 amide bonds. The second-order valence-corrected chi connectivity index (χ2v) is 4.13. The number of aryl methyl sites for hydroxylation is 2. The van der Waals surface area contributed by atoms with Gasteiger partial charge in [-0.15, -0.1) is 5.10 Å². The quantitative estimate of drug-likeness (QED) is 0.759. The average molecular weight is 263 g/mol. The number of hydrogen-bond donors (Lipinski definition) is 0. The van der Waals surface area contributed by atoms with Crippen LogP contribution in [0.15, 0.2) is 12.4 Å². The summed E-state index contributed by atoms with van der Waals surface area (Å²) in [5.41, 5.74) is 1.71. The Bertz CT molecular complexity index is 572. The van der Waals surface area contributed by atoms with Gasteiger partial charge in [-0.3, -0.25) is 4.68 Å². The standard InChI is InChI=1S/C12H17N5O2/c1-4-6-17-11(9-7-13-16(3)8-9)10(14-15-17)12(18)19-5-2/h7-8H,4-6H2,1-3H3. The number of carbonyl (C=O) groups excluding carboxylic acids is 1. The maximum Gasteiger partial charge on any atom is 0.361 e. The molecular formula is C12H17N5O2. The summed E-state index contributed by atoms with van der Waals surface area (Å²) in [6, 6.07) is 0. The first kappa shape index (κ1) is 13.3. The molecule has 0 aliphatic heterocycles. The normalized spacial score (nSPS) is 10.7. The van der Waals surface area contributed by atoms with Crippen molar-refractivity contribution in [1.29, 1.82) is 0 Å². The lowest BCUT2D eigenvalue weighted by Crippen LogP contribution is -2.08. The van der Waals surface area contributed by atoms with Crippen LogP contribution in [0.1, 0.15) is 30.8 Å². The molecule has 0 saturated heterocycles. The number of esters is 1. The molecule has 0 fully saturated rings. The molecule has 0 saturated carbocycles. The van der Waals surface area contributed by atoms with Gasteiger partial charge in [-0.05, 0) is 13.3 Å². The Morgan fingerprint density at radius 1 is 1.42 bits per heavy atom. The van der Waals surface area contributed by atoms with Crippen LogP contribution in [-0.4, -0.2) is 37.4 Å². The van der Waals surface area contributed by atoms with Gasteiger partial charge in [0.15, 0.2) is 5.69 Å². The third-order valence-corrected chi connectivity index (χ3v) is 2.62. The van der Waals surface area contributed by atoms with Gasteiger partial charge >= 0.3 is 5.97 Å². The summed E-state index contributed by atoms with van der Waals surface area (Å²) < 4.78 is 8.39. The number of aromatic nitrogens is 5. The molecule has 7 heteroatoms. The van der Waals surface area contributed by atoms with E-state index in [0.29, 0.717) is 18.8 Å². The minimum atomic E-state index is -0.455. The molecule has 0 atom stereocenters. The summed E-state index contributed by atoms with van der Waals surface area (Å²) in [7, 11) is 1.82. The highest BCUT2D eigenvalue weighted by molar-refractivity contribution is 5.93. The Morgan fingerprint density at radius 2 is 2.21 bits per heavy atom. The third-order valence-electron chi connectivity index (χ3n) is 2.62. The summed E-state index contributed by atoms with van der Waals surface area (Å²) in [6.45, 7) is 4.80. The Hall–Kier alpha value is -2.18. The lowest BCUT2D eigenvalue weighted by Gasteiger charge is -2.04. The van der Waals surface area contributed by atoms with Gasteiger partial charge in [0.2, 0.25) is 0 Å². The second kappa shape index (κ2) is 5.64. The number of hydrogen-bond acceptors (Lipinski definition) is 5. The zero-order valence-electron chi connectivity index (χ0n) is 11.3. The van der Waals surface area contributed by atoms with Crippen LogP contribution in [0.3, 0.4) is 0 Å². The van der Waals surface area contributed by atoms with E-state index in [1.165, 1.54) is 0 Å². The van der Waals surface area contributed by atoms with Crippen LogP contribution in [0.2, 0.25) is 0 Å². The summed E-state index contributed by atoms with van der Waals surface area (Å²) in [5.74, 6) is -0.455. The minimum absolute atomic E-state index is 0.239. The summed E-state index contributed by atoms with van der Waals surface area (Å²) >= 11 is 0. The Kier molecular flexibility index (Phi) is 3.94. The molecular weight excluding hydrogens is 246 g/mol. The van der Waals surface area contributed by atoms with Crippen molar-refractivity contribution in [3.05, 3.63) is 18.1 Å². The lowest BCUT2D eigenvalue weighted by atomic mass is 10.2. The summed E-state index contributed by atoms with van der Waals surface area (Å²) in [6.07, 6.45) is 4.42. The Balaban J connectivity index is 2.47. The van der Waals surface area contributed by atoms with E-state index >= 15 is 0 Å². The molecule has 2 rings (SSSR count). The van der Waals surface area contributed by atoms with Gasteiger partial charge in [0.1, 0.15) is 5.69 Å². The van der Waals surface area contributed by atoms with Crippen molar-refractivity contribution >= 4 is 5.97 Å². The molecule has 2 aromatic heterocycles. The number of nitrogens with zero attached hydrogens (tertiary/aromatic N) is 5. The largest absolute Gasteiger partial charge is 0.461 e. The fraction of sp³-hybridized carbons (Fsp3) is 0.500. The molecule has 7 nitrogen and oxygen atoms in total. The number of ether oxygens (including phenoxy) is 1. The molecule has 0 N–H and O–H groups in total. The predicted octanol–water partition coefficient (Wildman–Crippen LogP) is 1.27. The monoisotopic (exact) mass is 263 g/mol. The molecule has 102 valence electrons. The van der Waals surface area contributed by atoms with Crippen molar-refractivity contribution < 1.29 is 9.53 Å². The highest BCUT2D eigenvalue weighted by Gasteiger charge is 2.22. The number of carbonyl (C=O) groups is 1. The van der Waals surface area contributed by atoms with Crippen LogP contribution in [0.25, 0.3) is 11.3 Å². The Labute approximate surface area is 111 Å². The molecule has 0 aliphatic rings. The van der Waals surface area contributed by atoms with Gasteiger partial charge in [-0.1, -0.05) is 12.1 Å². The molecule has 19 heavy (non-hydrogen) atoms. The van der Waals surface area contributed by atoms with Gasteiger partial charge < -0.3 is 4.74 Å². The molecule has 0 spiro atoms. The highest BCUT2D eigenvalue weighted by Crippen LogP contribution is 2.22. The predicted molar refractivity (Wildman–Crippen MR) is 68.5 cm³/mol. The highest BCUT2D eigenvalue weighted by atomic mass is 16.5. The maximum atomic E-state index is 11.9.